The molecule has 0 aromatic heterocycles. The third-order valence-electron chi connectivity index (χ3n) is 5.50. The summed E-state index contributed by atoms with van der Waals surface area (Å²) in [6.45, 7) is 0. The molecule has 0 aromatic rings. The molecule has 15 heavy (non-hydrogen) atoms. The number of hydrogen-bond acceptors (Lipinski definition) is 1. The van der Waals surface area contributed by atoms with Gasteiger partial charge in [-0.15, -0.1) is 12.4 Å². The van der Waals surface area contributed by atoms with E-state index >= 15 is 0 Å². The van der Waals surface area contributed by atoms with Gasteiger partial charge in [0.1, 0.15) is 0 Å². The molecule has 0 N–H and O–H groups in total. The van der Waals surface area contributed by atoms with Gasteiger partial charge < -0.3 is 4.90 Å². The van der Waals surface area contributed by atoms with Crippen LogP contribution in [-0.2, 0) is 0 Å². The van der Waals surface area contributed by atoms with Gasteiger partial charge in [0.2, 0.25) is 0 Å². The van der Waals surface area contributed by atoms with Crippen molar-refractivity contribution in [2.24, 2.45) is 17.8 Å². The molecule has 0 amide bonds. The zero-order valence-corrected chi connectivity index (χ0v) is 10.9. The molecule has 4 aliphatic rings. The van der Waals surface area contributed by atoms with E-state index < -0.39 is 0 Å². The Balaban J connectivity index is 0.000000853. The zero-order valence-electron chi connectivity index (χ0n) is 10.0. The molecule has 1 nitrogen and oxygen atoms in total. The predicted octanol–water partition coefficient (Wildman–Crippen LogP) is 3.33. The minimum Gasteiger partial charge on any atom is -0.303 e. The summed E-state index contributed by atoms with van der Waals surface area (Å²) in [5, 5.41) is 0. The Hall–Kier alpha value is 0.250. The quantitative estimate of drug-likeness (QED) is 0.667. The Morgan fingerprint density at radius 2 is 1.93 bits per heavy atom. The molecule has 2 heteroatoms. The SMILES string of the molecule is CN(C)[C@]12CCC[C@@H]3C[C@@H](CC[C@@H]31)C2.Cl. The monoisotopic (exact) mass is 229 g/mol. The Bertz CT molecular complexity index is 241. The van der Waals surface area contributed by atoms with Gasteiger partial charge in [-0.2, -0.15) is 0 Å². The highest BCUT2D eigenvalue weighted by Gasteiger charge is 2.54. The third-order valence-corrected chi connectivity index (χ3v) is 5.50. The van der Waals surface area contributed by atoms with Crippen molar-refractivity contribution < 1.29 is 0 Å². The van der Waals surface area contributed by atoms with E-state index in [1.165, 1.54) is 38.5 Å². The van der Waals surface area contributed by atoms with Crippen LogP contribution in [0.5, 0.6) is 0 Å². The largest absolute Gasteiger partial charge is 0.303 e. The molecule has 0 aliphatic heterocycles. The first-order chi connectivity index (χ1) is 6.72. The highest BCUT2D eigenvalue weighted by atomic mass is 35.5. The van der Waals surface area contributed by atoms with Crippen LogP contribution < -0.4 is 0 Å². The van der Waals surface area contributed by atoms with E-state index in [1.807, 2.05) is 0 Å². The van der Waals surface area contributed by atoms with Crippen LogP contribution in [0, 0.1) is 17.8 Å². The Kier molecular flexibility index (Phi) is 3.07. The maximum Gasteiger partial charge on any atom is 0.0236 e. The molecular formula is C13H24ClN. The van der Waals surface area contributed by atoms with Gasteiger partial charge in [0, 0.05) is 5.54 Å². The number of nitrogens with zero attached hydrogens (tertiary/aromatic N) is 1. The van der Waals surface area contributed by atoms with Crippen LogP contribution >= 0.6 is 12.4 Å². The second kappa shape index (κ2) is 3.92. The van der Waals surface area contributed by atoms with E-state index in [9.17, 15) is 0 Å². The van der Waals surface area contributed by atoms with E-state index in [0.717, 1.165) is 17.8 Å². The molecule has 0 radical (unpaired) electrons. The molecule has 88 valence electrons. The highest BCUT2D eigenvalue weighted by molar-refractivity contribution is 5.85. The normalized spacial score (nSPS) is 47.8. The summed E-state index contributed by atoms with van der Waals surface area (Å²) in [6.07, 6.45) is 10.7. The second-order valence-corrected chi connectivity index (χ2v) is 6.14. The molecule has 4 aliphatic carbocycles. The summed E-state index contributed by atoms with van der Waals surface area (Å²) in [4.78, 5) is 2.58. The number of rotatable bonds is 1. The van der Waals surface area contributed by atoms with Gasteiger partial charge in [0.05, 0.1) is 0 Å². The fourth-order valence-corrected chi connectivity index (χ4v) is 4.92. The van der Waals surface area contributed by atoms with Crippen LogP contribution in [0.15, 0.2) is 0 Å². The summed E-state index contributed by atoms with van der Waals surface area (Å²) in [6, 6.07) is 0. The molecule has 4 saturated carbocycles. The number of hydrogen-bond donors (Lipinski definition) is 0. The highest BCUT2D eigenvalue weighted by Crippen LogP contribution is 2.58. The van der Waals surface area contributed by atoms with Gasteiger partial charge >= 0.3 is 0 Å². The first-order valence-electron chi connectivity index (χ1n) is 6.40. The first-order valence-corrected chi connectivity index (χ1v) is 6.40. The lowest BCUT2D eigenvalue weighted by Gasteiger charge is -2.61. The van der Waals surface area contributed by atoms with Crippen molar-refractivity contribution in [2.75, 3.05) is 14.1 Å². The summed E-state index contributed by atoms with van der Waals surface area (Å²) < 4.78 is 0. The summed E-state index contributed by atoms with van der Waals surface area (Å²) in [7, 11) is 4.64. The summed E-state index contributed by atoms with van der Waals surface area (Å²) in [5.41, 5.74) is 0.629. The summed E-state index contributed by atoms with van der Waals surface area (Å²) in [5.74, 6) is 3.22. The lowest BCUT2D eigenvalue weighted by atomic mass is 9.50. The van der Waals surface area contributed by atoms with Crippen LogP contribution in [0.1, 0.15) is 44.9 Å². The lowest BCUT2D eigenvalue weighted by molar-refractivity contribution is -0.0958. The van der Waals surface area contributed by atoms with Crippen LogP contribution in [-0.4, -0.2) is 24.5 Å². The molecule has 4 rings (SSSR count). The molecular weight excluding hydrogens is 206 g/mol. The van der Waals surface area contributed by atoms with Gasteiger partial charge in [-0.3, -0.25) is 0 Å². The predicted molar refractivity (Wildman–Crippen MR) is 66.5 cm³/mol. The minimum atomic E-state index is 0. The maximum atomic E-state index is 2.58. The molecule has 0 saturated heterocycles. The topological polar surface area (TPSA) is 3.24 Å². The van der Waals surface area contributed by atoms with Gasteiger partial charge in [-0.05, 0) is 57.5 Å². The van der Waals surface area contributed by atoms with Crippen LogP contribution in [0.3, 0.4) is 0 Å². The van der Waals surface area contributed by atoms with Gasteiger partial charge in [0.15, 0.2) is 0 Å². The number of halogens is 1. The van der Waals surface area contributed by atoms with E-state index in [0.29, 0.717) is 5.54 Å². The zero-order chi connectivity index (χ0) is 9.76. The molecule has 4 bridgehead atoms. The molecule has 0 heterocycles. The van der Waals surface area contributed by atoms with Crippen molar-refractivity contribution in [3.8, 4) is 0 Å². The Labute approximate surface area is 100 Å². The standard InChI is InChI=1S/C13H23N.ClH/c1-14(2)13-7-3-4-11-8-10(9-13)5-6-12(11)13;/h10-12H,3-9H2,1-2H3;1H/t10-,11-,12+,13+;/m1./s1. The maximum absolute atomic E-state index is 2.58. The van der Waals surface area contributed by atoms with Crippen molar-refractivity contribution in [3.63, 3.8) is 0 Å². The van der Waals surface area contributed by atoms with E-state index in [1.54, 1.807) is 6.42 Å². The second-order valence-electron chi connectivity index (χ2n) is 6.14. The fourth-order valence-electron chi connectivity index (χ4n) is 4.92. The molecule has 4 atom stereocenters. The van der Waals surface area contributed by atoms with Gasteiger partial charge in [-0.25, -0.2) is 0 Å². The van der Waals surface area contributed by atoms with Crippen LogP contribution in [0.25, 0.3) is 0 Å². The van der Waals surface area contributed by atoms with E-state index in [2.05, 4.69) is 19.0 Å². The van der Waals surface area contributed by atoms with Crippen molar-refractivity contribution in [2.45, 2.75) is 50.5 Å². The smallest absolute Gasteiger partial charge is 0.0236 e. The average molecular weight is 230 g/mol. The molecule has 0 unspecified atom stereocenters. The van der Waals surface area contributed by atoms with Crippen LogP contribution in [0.2, 0.25) is 0 Å². The van der Waals surface area contributed by atoms with Gasteiger partial charge in [0.25, 0.3) is 0 Å². The van der Waals surface area contributed by atoms with Crippen molar-refractivity contribution in [3.05, 3.63) is 0 Å². The molecule has 4 fully saturated rings. The third kappa shape index (κ3) is 1.54. The Morgan fingerprint density at radius 1 is 1.13 bits per heavy atom. The van der Waals surface area contributed by atoms with E-state index in [-0.39, 0.29) is 12.4 Å². The van der Waals surface area contributed by atoms with Crippen molar-refractivity contribution in [1.82, 2.24) is 4.90 Å². The fraction of sp³-hybridized carbons (Fsp3) is 1.00. The minimum absolute atomic E-state index is 0. The number of fused-ring (bicyclic) bond motifs is 1. The lowest BCUT2D eigenvalue weighted by Crippen LogP contribution is -2.61. The Morgan fingerprint density at radius 3 is 2.53 bits per heavy atom. The van der Waals surface area contributed by atoms with Gasteiger partial charge in [-0.1, -0.05) is 19.3 Å². The van der Waals surface area contributed by atoms with Crippen molar-refractivity contribution >= 4 is 12.4 Å². The first kappa shape index (κ1) is 11.7. The average Bonchev–Trinajstić information content (AvgIpc) is 2.17. The van der Waals surface area contributed by atoms with Crippen LogP contribution in [0.4, 0.5) is 0 Å². The van der Waals surface area contributed by atoms with Crippen molar-refractivity contribution in [1.29, 1.82) is 0 Å². The molecule has 0 spiro atoms. The molecule has 0 aromatic carbocycles. The van der Waals surface area contributed by atoms with E-state index in [4.69, 9.17) is 0 Å². The summed E-state index contributed by atoms with van der Waals surface area (Å²) >= 11 is 0.